The molecule has 2 heterocycles. The first-order valence-corrected chi connectivity index (χ1v) is 8.33. The molecule has 1 saturated heterocycles. The summed E-state index contributed by atoms with van der Waals surface area (Å²) in [4.78, 5) is 14.7. The third kappa shape index (κ3) is 2.86. The third-order valence-corrected chi connectivity index (χ3v) is 5.46. The minimum atomic E-state index is 0.299. The molecule has 3 fully saturated rings. The number of amides is 1. The van der Waals surface area contributed by atoms with Crippen molar-refractivity contribution >= 4 is 5.91 Å². The highest BCUT2D eigenvalue weighted by Crippen LogP contribution is 2.42. The van der Waals surface area contributed by atoms with E-state index in [0.717, 1.165) is 38.4 Å². The highest BCUT2D eigenvalue weighted by atomic mass is 16.3. The fourth-order valence-electron chi connectivity index (χ4n) is 3.81. The molecule has 4 heteroatoms. The lowest BCUT2D eigenvalue weighted by Crippen LogP contribution is -2.45. The Hall–Kier alpha value is -1.29. The summed E-state index contributed by atoms with van der Waals surface area (Å²) < 4.78 is 5.16. The average molecular weight is 288 g/mol. The molecule has 3 aliphatic rings. The first-order valence-electron chi connectivity index (χ1n) is 8.33. The maximum atomic E-state index is 12.2. The van der Waals surface area contributed by atoms with Crippen molar-refractivity contribution in [1.82, 2.24) is 10.2 Å². The van der Waals surface area contributed by atoms with E-state index in [1.165, 1.54) is 24.8 Å². The summed E-state index contributed by atoms with van der Waals surface area (Å²) in [5.74, 6) is 2.10. The Morgan fingerprint density at radius 2 is 2.14 bits per heavy atom. The molecule has 1 N–H and O–H groups in total. The second kappa shape index (κ2) is 5.48. The van der Waals surface area contributed by atoms with Gasteiger partial charge in [0.1, 0.15) is 0 Å². The van der Waals surface area contributed by atoms with E-state index in [1.807, 2.05) is 12.3 Å². The Morgan fingerprint density at radius 3 is 2.76 bits per heavy atom. The predicted molar refractivity (Wildman–Crippen MR) is 79.5 cm³/mol. The Labute approximate surface area is 125 Å². The number of hydrogen-bond donors (Lipinski definition) is 1. The van der Waals surface area contributed by atoms with Crippen LogP contribution >= 0.6 is 0 Å². The summed E-state index contributed by atoms with van der Waals surface area (Å²) in [6, 6.07) is 2.39. The standard InChI is InChI=1S/C17H24N2O2/c20-17(14-2-1-3-14)18-16-10-19(8-12-6-7-21-11-12)9-15(16)13-4-5-13/h6-7,11,13-16H,1-5,8-10H2,(H,18,20)/t15-,16+/m1/s1. The van der Waals surface area contributed by atoms with Crippen LogP contribution in [0.25, 0.3) is 0 Å². The van der Waals surface area contributed by atoms with Crippen molar-refractivity contribution in [1.29, 1.82) is 0 Å². The van der Waals surface area contributed by atoms with Crippen LogP contribution in [0.1, 0.15) is 37.7 Å². The minimum Gasteiger partial charge on any atom is -0.472 e. The molecule has 1 aromatic heterocycles. The van der Waals surface area contributed by atoms with Crippen LogP contribution < -0.4 is 5.32 Å². The molecule has 1 aromatic rings. The van der Waals surface area contributed by atoms with E-state index in [2.05, 4.69) is 10.2 Å². The fourth-order valence-corrected chi connectivity index (χ4v) is 3.81. The third-order valence-electron chi connectivity index (χ3n) is 5.46. The van der Waals surface area contributed by atoms with E-state index in [9.17, 15) is 4.79 Å². The molecule has 0 bridgehead atoms. The Morgan fingerprint density at radius 1 is 1.29 bits per heavy atom. The molecule has 0 radical (unpaired) electrons. The van der Waals surface area contributed by atoms with E-state index in [0.29, 0.717) is 23.8 Å². The van der Waals surface area contributed by atoms with Crippen molar-refractivity contribution in [3.05, 3.63) is 24.2 Å². The zero-order chi connectivity index (χ0) is 14.2. The zero-order valence-corrected chi connectivity index (χ0v) is 12.5. The van der Waals surface area contributed by atoms with Crippen molar-refractivity contribution < 1.29 is 9.21 Å². The van der Waals surface area contributed by atoms with Crippen LogP contribution in [0.4, 0.5) is 0 Å². The van der Waals surface area contributed by atoms with Crippen molar-refractivity contribution in [2.45, 2.75) is 44.7 Å². The Kier molecular flexibility index (Phi) is 3.49. The highest BCUT2D eigenvalue weighted by molar-refractivity contribution is 5.79. The molecule has 0 aromatic carbocycles. The molecule has 2 atom stereocenters. The van der Waals surface area contributed by atoms with E-state index in [1.54, 1.807) is 6.26 Å². The largest absolute Gasteiger partial charge is 0.472 e. The number of carbonyl (C=O) groups is 1. The normalized spacial score (nSPS) is 30.3. The lowest BCUT2D eigenvalue weighted by Gasteiger charge is -2.28. The molecule has 0 spiro atoms. The Balaban J connectivity index is 1.38. The molecule has 2 aliphatic carbocycles. The second-order valence-electron chi connectivity index (χ2n) is 7.07. The highest BCUT2D eigenvalue weighted by Gasteiger charge is 2.43. The van der Waals surface area contributed by atoms with Crippen LogP contribution in [-0.4, -0.2) is 29.9 Å². The molecule has 2 saturated carbocycles. The molecule has 21 heavy (non-hydrogen) atoms. The number of carbonyl (C=O) groups excluding carboxylic acids is 1. The lowest BCUT2D eigenvalue weighted by molar-refractivity contribution is -0.128. The quantitative estimate of drug-likeness (QED) is 0.905. The lowest BCUT2D eigenvalue weighted by atomic mass is 9.84. The smallest absolute Gasteiger partial charge is 0.223 e. The van der Waals surface area contributed by atoms with Crippen molar-refractivity contribution in [3.63, 3.8) is 0 Å². The van der Waals surface area contributed by atoms with Gasteiger partial charge in [-0.3, -0.25) is 9.69 Å². The van der Waals surface area contributed by atoms with Gasteiger partial charge in [0.2, 0.25) is 5.91 Å². The fraction of sp³-hybridized carbons (Fsp3) is 0.706. The number of nitrogens with zero attached hydrogens (tertiary/aromatic N) is 1. The van der Waals surface area contributed by atoms with Crippen LogP contribution in [0.2, 0.25) is 0 Å². The maximum Gasteiger partial charge on any atom is 0.223 e. The summed E-state index contributed by atoms with van der Waals surface area (Å²) in [6.07, 6.45) is 9.66. The SMILES string of the molecule is O=C(N[C@H]1CN(Cc2ccoc2)C[C@@H]1C1CC1)C1CCC1. The number of hydrogen-bond acceptors (Lipinski definition) is 3. The molecule has 4 rings (SSSR count). The summed E-state index contributed by atoms with van der Waals surface area (Å²) in [7, 11) is 0. The van der Waals surface area contributed by atoms with Crippen molar-refractivity contribution in [2.75, 3.05) is 13.1 Å². The van der Waals surface area contributed by atoms with Crippen LogP contribution in [0.3, 0.4) is 0 Å². The van der Waals surface area contributed by atoms with Gasteiger partial charge in [0, 0.05) is 37.2 Å². The van der Waals surface area contributed by atoms with Crippen molar-refractivity contribution in [3.8, 4) is 0 Å². The van der Waals surface area contributed by atoms with Gasteiger partial charge in [0.25, 0.3) is 0 Å². The van der Waals surface area contributed by atoms with E-state index in [-0.39, 0.29) is 0 Å². The van der Waals surface area contributed by atoms with Gasteiger partial charge in [0.05, 0.1) is 12.5 Å². The Bertz CT molecular complexity index is 491. The summed E-state index contributed by atoms with van der Waals surface area (Å²) in [6.45, 7) is 3.05. The molecule has 0 unspecified atom stereocenters. The first kappa shape index (κ1) is 13.4. The van der Waals surface area contributed by atoms with Gasteiger partial charge in [-0.2, -0.15) is 0 Å². The second-order valence-corrected chi connectivity index (χ2v) is 7.07. The van der Waals surface area contributed by atoms with Gasteiger partial charge < -0.3 is 9.73 Å². The van der Waals surface area contributed by atoms with Gasteiger partial charge in [-0.1, -0.05) is 6.42 Å². The molecule has 114 valence electrons. The van der Waals surface area contributed by atoms with Crippen molar-refractivity contribution in [2.24, 2.45) is 17.8 Å². The van der Waals surface area contributed by atoms with E-state index >= 15 is 0 Å². The zero-order valence-electron chi connectivity index (χ0n) is 12.5. The van der Waals surface area contributed by atoms with E-state index in [4.69, 9.17) is 4.42 Å². The maximum absolute atomic E-state index is 12.2. The topological polar surface area (TPSA) is 45.5 Å². The number of likely N-dealkylation sites (tertiary alicyclic amines) is 1. The van der Waals surface area contributed by atoms with Gasteiger partial charge in [-0.15, -0.1) is 0 Å². The molecular formula is C17H24N2O2. The van der Waals surface area contributed by atoms with Gasteiger partial charge in [0.15, 0.2) is 0 Å². The number of rotatable bonds is 5. The first-order chi connectivity index (χ1) is 10.3. The molecule has 4 nitrogen and oxygen atoms in total. The van der Waals surface area contributed by atoms with Crippen LogP contribution in [-0.2, 0) is 11.3 Å². The van der Waals surface area contributed by atoms with Crippen LogP contribution in [0.5, 0.6) is 0 Å². The number of nitrogens with one attached hydrogen (secondary N) is 1. The van der Waals surface area contributed by atoms with Gasteiger partial charge in [-0.25, -0.2) is 0 Å². The predicted octanol–water partition coefficient (Wildman–Crippen LogP) is 2.41. The minimum absolute atomic E-state index is 0.299. The molecule has 1 aliphatic heterocycles. The molecule has 1 amide bonds. The molecular weight excluding hydrogens is 264 g/mol. The monoisotopic (exact) mass is 288 g/mol. The average Bonchev–Trinajstić information content (AvgIpc) is 2.97. The van der Waals surface area contributed by atoms with Gasteiger partial charge >= 0.3 is 0 Å². The summed E-state index contributed by atoms with van der Waals surface area (Å²) in [5.41, 5.74) is 1.23. The van der Waals surface area contributed by atoms with E-state index < -0.39 is 0 Å². The summed E-state index contributed by atoms with van der Waals surface area (Å²) in [5, 5.41) is 3.36. The van der Waals surface area contributed by atoms with Gasteiger partial charge in [-0.05, 0) is 43.6 Å². The van der Waals surface area contributed by atoms with Crippen LogP contribution in [0, 0.1) is 17.8 Å². The number of furan rings is 1. The van der Waals surface area contributed by atoms with Crippen LogP contribution in [0.15, 0.2) is 23.0 Å². The summed E-state index contributed by atoms with van der Waals surface area (Å²) >= 11 is 0.